The minimum absolute atomic E-state index is 0.00762. The quantitative estimate of drug-likeness (QED) is 0.722. The van der Waals surface area contributed by atoms with Gasteiger partial charge >= 0.3 is 0 Å². The summed E-state index contributed by atoms with van der Waals surface area (Å²) in [7, 11) is 0. The number of carbonyl (C=O) groups excluding carboxylic acids is 1. The smallest absolute Gasteiger partial charge is 0.168 e. The molecule has 10 atom stereocenters. The Labute approximate surface area is 145 Å². The number of aliphatic hydroxyl groups excluding tert-OH is 2. The van der Waals surface area contributed by atoms with Crippen molar-refractivity contribution in [2.24, 2.45) is 34.0 Å². The van der Waals surface area contributed by atoms with Crippen LogP contribution in [0.4, 0.5) is 0 Å². The number of epoxide rings is 1. The Morgan fingerprint density at radius 2 is 1.92 bits per heavy atom. The maximum absolute atomic E-state index is 13.1. The predicted octanol–water partition coefficient (Wildman–Crippen LogP) is 2.55. The van der Waals surface area contributed by atoms with Crippen molar-refractivity contribution >= 4 is 5.78 Å². The van der Waals surface area contributed by atoms with Crippen LogP contribution in [0.25, 0.3) is 0 Å². The first-order valence-electron chi connectivity index (χ1n) is 9.70. The molecule has 1 heterocycles. The monoisotopic (exact) mass is 336 g/mol. The van der Waals surface area contributed by atoms with Crippen molar-refractivity contribution in [3.8, 4) is 0 Å². The largest absolute Gasteiger partial charge is 0.393 e. The van der Waals surface area contributed by atoms with E-state index >= 15 is 0 Å². The molecule has 4 nitrogen and oxygen atoms in total. The summed E-state index contributed by atoms with van der Waals surface area (Å²) in [5.41, 5.74) is -1.05. The molecular formula is C20H32O4. The predicted molar refractivity (Wildman–Crippen MR) is 90.3 cm³/mol. The summed E-state index contributed by atoms with van der Waals surface area (Å²) in [6.45, 7) is 10.6. The number of hydrogen-bond donors (Lipinski definition) is 2. The number of fused-ring (bicyclic) bond motifs is 1. The number of aliphatic hydroxyl groups is 2. The zero-order chi connectivity index (χ0) is 17.7. The number of hydrogen-bond acceptors (Lipinski definition) is 4. The molecule has 136 valence electrons. The van der Waals surface area contributed by atoms with Crippen LogP contribution in [0, 0.1) is 34.0 Å². The van der Waals surface area contributed by atoms with Crippen LogP contribution >= 0.6 is 0 Å². The lowest BCUT2D eigenvalue weighted by atomic mass is 9.43. The van der Waals surface area contributed by atoms with Gasteiger partial charge in [-0.3, -0.25) is 4.79 Å². The molecule has 3 aliphatic carbocycles. The Bertz CT molecular complexity index is 576. The molecule has 0 spiro atoms. The maximum Gasteiger partial charge on any atom is 0.168 e. The number of Topliss-reactive ketones (excluding diaryl/α,β-unsaturated/α-hetero) is 1. The Kier molecular flexibility index (Phi) is 3.42. The minimum Gasteiger partial charge on any atom is -0.393 e. The topological polar surface area (TPSA) is 70.1 Å². The van der Waals surface area contributed by atoms with Crippen LogP contribution < -0.4 is 0 Å². The standard InChI is InChI=1S/C20H32O4/c1-6-18(4)9-12(21)19(5)10(2)7-8-20(11(3)16(18)23)15(19)13(22)14-17(20)24-14/h10-12,14-17,21,23H,6-9H2,1-5H3/t10-,11+,12-,14-,15-,16+,17-,18-,19+,20+/m1/s1. The first-order chi connectivity index (χ1) is 11.1. The van der Waals surface area contributed by atoms with E-state index in [-0.39, 0.29) is 40.7 Å². The van der Waals surface area contributed by atoms with Gasteiger partial charge in [0, 0.05) is 16.7 Å². The first-order valence-corrected chi connectivity index (χ1v) is 9.70. The Hall–Kier alpha value is -0.450. The van der Waals surface area contributed by atoms with Crippen LogP contribution in [0.2, 0.25) is 0 Å². The van der Waals surface area contributed by atoms with Gasteiger partial charge in [-0.05, 0) is 42.9 Å². The van der Waals surface area contributed by atoms with Crippen LogP contribution in [-0.4, -0.2) is 40.4 Å². The highest BCUT2D eigenvalue weighted by molar-refractivity contribution is 5.93. The van der Waals surface area contributed by atoms with E-state index in [0.29, 0.717) is 12.3 Å². The van der Waals surface area contributed by atoms with Crippen molar-refractivity contribution in [1.82, 2.24) is 0 Å². The van der Waals surface area contributed by atoms with Gasteiger partial charge in [0.1, 0.15) is 6.10 Å². The third-order valence-electron chi connectivity index (χ3n) is 9.04. The molecule has 24 heavy (non-hydrogen) atoms. The van der Waals surface area contributed by atoms with Crippen molar-refractivity contribution in [2.75, 3.05) is 0 Å². The molecule has 1 aliphatic heterocycles. The molecule has 3 saturated carbocycles. The SMILES string of the molecule is CC[C@]1(C)C[C@@H](O)[C@]2(C)[C@H](C)CC[C@]3([C@@H]4O[C@@H]4C(=O)[C@H]23)[C@@H](C)[C@@H]1O. The molecule has 2 N–H and O–H groups in total. The summed E-state index contributed by atoms with van der Waals surface area (Å²) in [6.07, 6.45) is 1.88. The summed E-state index contributed by atoms with van der Waals surface area (Å²) >= 11 is 0. The number of carbonyl (C=O) groups is 1. The summed E-state index contributed by atoms with van der Waals surface area (Å²) in [6, 6.07) is 0. The van der Waals surface area contributed by atoms with Crippen molar-refractivity contribution in [3.05, 3.63) is 0 Å². The second-order valence-corrected chi connectivity index (χ2v) is 9.69. The third-order valence-corrected chi connectivity index (χ3v) is 9.04. The van der Waals surface area contributed by atoms with Gasteiger partial charge in [-0.15, -0.1) is 0 Å². The lowest BCUT2D eigenvalue weighted by Crippen LogP contribution is -2.64. The molecule has 4 rings (SSSR count). The van der Waals surface area contributed by atoms with E-state index in [4.69, 9.17) is 4.74 Å². The number of ketones is 1. The third kappa shape index (κ3) is 1.68. The highest BCUT2D eigenvalue weighted by atomic mass is 16.6. The number of rotatable bonds is 1. The fraction of sp³-hybridized carbons (Fsp3) is 0.950. The van der Waals surface area contributed by atoms with Gasteiger partial charge < -0.3 is 14.9 Å². The fourth-order valence-electron chi connectivity index (χ4n) is 6.87. The van der Waals surface area contributed by atoms with Crippen LogP contribution in [-0.2, 0) is 9.53 Å². The average molecular weight is 336 g/mol. The number of ether oxygens (including phenoxy) is 1. The first kappa shape index (κ1) is 17.0. The van der Waals surface area contributed by atoms with Gasteiger partial charge in [-0.25, -0.2) is 0 Å². The van der Waals surface area contributed by atoms with Crippen molar-refractivity contribution in [1.29, 1.82) is 0 Å². The highest BCUT2D eigenvalue weighted by Crippen LogP contribution is 2.71. The average Bonchev–Trinajstić information content (AvgIpc) is 3.31. The molecule has 0 aromatic carbocycles. The molecule has 0 radical (unpaired) electrons. The summed E-state index contributed by atoms with van der Waals surface area (Å²) in [5, 5.41) is 22.6. The minimum atomic E-state index is -0.564. The summed E-state index contributed by atoms with van der Waals surface area (Å²) in [4.78, 5) is 13.1. The zero-order valence-electron chi connectivity index (χ0n) is 15.6. The molecule has 2 bridgehead atoms. The van der Waals surface area contributed by atoms with E-state index in [1.54, 1.807) is 0 Å². The molecule has 0 aromatic heterocycles. The molecule has 4 heteroatoms. The molecule has 1 saturated heterocycles. The van der Waals surface area contributed by atoms with Gasteiger partial charge in [0.05, 0.1) is 18.3 Å². The molecule has 0 amide bonds. The molecule has 4 fully saturated rings. The van der Waals surface area contributed by atoms with Crippen molar-refractivity contribution < 1.29 is 19.7 Å². The van der Waals surface area contributed by atoms with Gasteiger partial charge in [-0.2, -0.15) is 0 Å². The Morgan fingerprint density at radius 3 is 2.54 bits per heavy atom. The van der Waals surface area contributed by atoms with E-state index in [1.165, 1.54) is 0 Å². The lowest BCUT2D eigenvalue weighted by Gasteiger charge is -2.62. The lowest BCUT2D eigenvalue weighted by molar-refractivity contribution is -0.210. The van der Waals surface area contributed by atoms with E-state index in [1.807, 2.05) is 0 Å². The second kappa shape index (κ2) is 4.83. The van der Waals surface area contributed by atoms with Crippen LogP contribution in [0.15, 0.2) is 0 Å². The highest BCUT2D eigenvalue weighted by Gasteiger charge is 2.78. The molecule has 0 unspecified atom stereocenters. The van der Waals surface area contributed by atoms with Crippen LogP contribution in [0.5, 0.6) is 0 Å². The Balaban J connectivity index is 1.92. The summed E-state index contributed by atoms with van der Waals surface area (Å²) < 4.78 is 5.80. The summed E-state index contributed by atoms with van der Waals surface area (Å²) in [5.74, 6) is 0.314. The van der Waals surface area contributed by atoms with E-state index in [2.05, 4.69) is 34.6 Å². The maximum atomic E-state index is 13.1. The zero-order valence-corrected chi connectivity index (χ0v) is 15.6. The van der Waals surface area contributed by atoms with Crippen molar-refractivity contribution in [3.63, 3.8) is 0 Å². The molecule has 4 aliphatic rings. The second-order valence-electron chi connectivity index (χ2n) is 9.69. The van der Waals surface area contributed by atoms with E-state index in [0.717, 1.165) is 19.3 Å². The normalized spacial score (nSPS) is 62.5. The van der Waals surface area contributed by atoms with Gasteiger partial charge in [0.15, 0.2) is 5.78 Å². The van der Waals surface area contributed by atoms with Crippen LogP contribution in [0.1, 0.15) is 60.3 Å². The van der Waals surface area contributed by atoms with Crippen LogP contribution in [0.3, 0.4) is 0 Å². The fourth-order valence-corrected chi connectivity index (χ4v) is 6.87. The van der Waals surface area contributed by atoms with Gasteiger partial charge in [0.2, 0.25) is 0 Å². The van der Waals surface area contributed by atoms with E-state index < -0.39 is 17.6 Å². The Morgan fingerprint density at radius 1 is 1.25 bits per heavy atom. The molecule has 0 aromatic rings. The van der Waals surface area contributed by atoms with Gasteiger partial charge in [0.25, 0.3) is 0 Å². The van der Waals surface area contributed by atoms with Gasteiger partial charge in [-0.1, -0.05) is 34.6 Å². The van der Waals surface area contributed by atoms with E-state index in [9.17, 15) is 15.0 Å². The van der Waals surface area contributed by atoms with Crippen molar-refractivity contribution in [2.45, 2.75) is 84.7 Å². The molecular weight excluding hydrogens is 304 g/mol.